The van der Waals surface area contributed by atoms with E-state index in [1.807, 2.05) is 13.8 Å². The normalized spacial score (nSPS) is 17.3. The average Bonchev–Trinajstić information content (AvgIpc) is 3.56. The monoisotopic (exact) mass is 829 g/mol. The van der Waals surface area contributed by atoms with Crippen molar-refractivity contribution in [3.63, 3.8) is 0 Å². The van der Waals surface area contributed by atoms with Gasteiger partial charge in [0, 0.05) is 18.4 Å². The minimum Gasteiger partial charge on any atom is -0.355 e. The molecule has 2 heterocycles. The Morgan fingerprint density at radius 1 is 0.678 bits per heavy atom. The van der Waals surface area contributed by atoms with Crippen molar-refractivity contribution in [1.82, 2.24) is 5.32 Å². The van der Waals surface area contributed by atoms with Crippen LogP contribution in [0, 0.1) is 38.6 Å². The summed E-state index contributed by atoms with van der Waals surface area (Å²) in [6.45, 7) is 19.3. The summed E-state index contributed by atoms with van der Waals surface area (Å²) in [5, 5.41) is 2.96. The Hall–Kier alpha value is -6.42. The van der Waals surface area contributed by atoms with Gasteiger partial charge in [0.05, 0.1) is 35.6 Å². The molecule has 4 aromatic carbocycles. The molecule has 2 saturated heterocycles. The van der Waals surface area contributed by atoms with Gasteiger partial charge in [-0.2, -0.15) is 0 Å². The number of carbonyl (C=O) groups excluding carboxylic acids is 4. The van der Waals surface area contributed by atoms with E-state index >= 15 is 0 Å². The van der Waals surface area contributed by atoms with Crippen LogP contribution in [0.2, 0.25) is 0 Å². The molecule has 4 aromatic rings. The number of rotatable bonds is 6. The van der Waals surface area contributed by atoms with Gasteiger partial charge in [0.2, 0.25) is 0 Å². The van der Waals surface area contributed by atoms with E-state index in [1.54, 1.807) is 58.3 Å². The molecule has 59 heavy (non-hydrogen) atoms. The minimum absolute atomic E-state index is 0.00952. The van der Waals surface area contributed by atoms with E-state index in [0.717, 1.165) is 24.0 Å². The number of aryl methyl sites for hydroxylation is 2. The van der Waals surface area contributed by atoms with Crippen LogP contribution in [0.3, 0.4) is 0 Å². The predicted molar refractivity (Wildman–Crippen MR) is 229 cm³/mol. The number of Topliss-reactive ketones (excluding diaryl/α,β-unsaturated/α-hetero) is 1. The highest BCUT2D eigenvalue weighted by Crippen LogP contribution is 2.50. The van der Waals surface area contributed by atoms with Crippen LogP contribution in [0.1, 0.15) is 77.3 Å². The number of ketones is 1. The summed E-state index contributed by atoms with van der Waals surface area (Å²) in [5.74, 6) is -2.46. The van der Waals surface area contributed by atoms with Crippen LogP contribution in [0.15, 0.2) is 72.8 Å². The lowest BCUT2D eigenvalue weighted by Gasteiger charge is -2.43. The number of benzene rings is 4. The third kappa shape index (κ3) is 6.51. The molecule has 0 bridgehead atoms. The van der Waals surface area contributed by atoms with Gasteiger partial charge >= 0.3 is 0 Å². The molecule has 298 valence electrons. The topological polar surface area (TPSA) is 102 Å². The number of thiocarbonyl (C=S) groups is 2. The molecule has 0 unspecified atom stereocenters. The molecular formula is C44H37F2N7O4S2. The maximum atomic E-state index is 14.6. The number of halogens is 2. The standard InChI is InChI=1S/C22H19FN4O2S.C22H18FN3O2S/c1-13-11-14(24-2)5-8-18(13)26-20(29)22(9-4-10-22)27(21(26)30)15-6-7-16(17(23)12-15)19(28)25-3;1-13-11-15(24-3)5-8-19(13)25-20(28)22(9-4-10-22)26(21(25)29)16-6-7-17(14(2)27)18(23)12-16/h5-8,11-12H,4,9-10H2,1,3H3,(H,25,28);5-8,11-12H,4,9-10H2,1-2H3. The lowest BCUT2D eigenvalue weighted by atomic mass is 9.75. The summed E-state index contributed by atoms with van der Waals surface area (Å²) in [7, 11) is 1.44. The molecule has 2 aliphatic carbocycles. The van der Waals surface area contributed by atoms with Crippen LogP contribution in [0.4, 0.5) is 42.9 Å². The van der Waals surface area contributed by atoms with Crippen LogP contribution < -0.4 is 24.9 Å². The van der Waals surface area contributed by atoms with Crippen LogP contribution in [0.5, 0.6) is 0 Å². The molecule has 0 aromatic heterocycles. The molecule has 8 rings (SSSR count). The van der Waals surface area contributed by atoms with Crippen molar-refractivity contribution in [2.75, 3.05) is 26.6 Å². The third-order valence-electron chi connectivity index (χ3n) is 11.6. The molecule has 3 amide bonds. The number of hydrogen-bond acceptors (Lipinski definition) is 6. The van der Waals surface area contributed by atoms with Gasteiger partial charge in [0.25, 0.3) is 17.7 Å². The van der Waals surface area contributed by atoms with Crippen molar-refractivity contribution in [2.45, 2.75) is 70.4 Å². The van der Waals surface area contributed by atoms with Crippen molar-refractivity contribution in [3.05, 3.63) is 130 Å². The highest BCUT2D eigenvalue weighted by Gasteiger charge is 2.61. The van der Waals surface area contributed by atoms with Crippen molar-refractivity contribution in [3.8, 4) is 0 Å². The van der Waals surface area contributed by atoms with Gasteiger partial charge in [0.15, 0.2) is 27.4 Å². The number of nitrogens with zero attached hydrogens (tertiary/aromatic N) is 6. The molecule has 15 heteroatoms. The van der Waals surface area contributed by atoms with Crippen LogP contribution >= 0.6 is 24.4 Å². The molecule has 0 radical (unpaired) electrons. The summed E-state index contributed by atoms with van der Waals surface area (Å²) in [5.41, 5.74) is 2.92. The fraction of sp³-hybridized carbons (Fsp3) is 0.273. The lowest BCUT2D eigenvalue weighted by molar-refractivity contribution is -0.124. The number of nitrogens with one attached hydrogen (secondary N) is 1. The molecule has 2 aliphatic heterocycles. The number of hydrogen-bond donors (Lipinski definition) is 1. The summed E-state index contributed by atoms with van der Waals surface area (Å²) in [6.07, 6.45) is 4.21. The Balaban J connectivity index is 0.000000179. The molecule has 1 N–H and O–H groups in total. The maximum Gasteiger partial charge on any atom is 0.259 e. The second kappa shape index (κ2) is 15.4. The summed E-state index contributed by atoms with van der Waals surface area (Å²) >= 11 is 11.4. The molecular weight excluding hydrogens is 793 g/mol. The van der Waals surface area contributed by atoms with E-state index in [0.29, 0.717) is 59.8 Å². The zero-order valence-corrected chi connectivity index (χ0v) is 34.2. The Bertz CT molecular complexity index is 2610. The first-order valence-corrected chi connectivity index (χ1v) is 19.6. The fourth-order valence-corrected chi connectivity index (χ4v) is 9.12. The van der Waals surface area contributed by atoms with Crippen LogP contribution in [-0.4, -0.2) is 51.9 Å². The Morgan fingerprint density at radius 3 is 1.39 bits per heavy atom. The van der Waals surface area contributed by atoms with Crippen molar-refractivity contribution in [1.29, 1.82) is 0 Å². The maximum absolute atomic E-state index is 14.6. The third-order valence-corrected chi connectivity index (χ3v) is 12.3. The molecule has 4 aliphatic rings. The average molecular weight is 830 g/mol. The van der Waals surface area contributed by atoms with E-state index in [9.17, 15) is 28.0 Å². The first-order valence-electron chi connectivity index (χ1n) is 18.8. The molecule has 2 saturated carbocycles. The van der Waals surface area contributed by atoms with Gasteiger partial charge < -0.3 is 15.1 Å². The zero-order chi connectivity index (χ0) is 42.6. The van der Waals surface area contributed by atoms with E-state index in [4.69, 9.17) is 37.6 Å². The number of amides is 3. The van der Waals surface area contributed by atoms with E-state index in [1.165, 1.54) is 48.0 Å². The predicted octanol–water partition coefficient (Wildman–Crippen LogP) is 9.05. The van der Waals surface area contributed by atoms with Gasteiger partial charge in [-0.15, -0.1) is 0 Å². The molecule has 11 nitrogen and oxygen atoms in total. The lowest BCUT2D eigenvalue weighted by Crippen LogP contribution is -2.55. The van der Waals surface area contributed by atoms with Crippen LogP contribution in [-0.2, 0) is 9.59 Å². The number of carbonyl (C=O) groups is 4. The largest absolute Gasteiger partial charge is 0.355 e. The van der Waals surface area contributed by atoms with E-state index in [-0.39, 0.29) is 38.9 Å². The van der Waals surface area contributed by atoms with E-state index in [2.05, 4.69) is 15.0 Å². The highest BCUT2D eigenvalue weighted by molar-refractivity contribution is 7.81. The van der Waals surface area contributed by atoms with Crippen molar-refractivity contribution in [2.24, 2.45) is 0 Å². The highest BCUT2D eigenvalue weighted by atomic mass is 32.1. The summed E-state index contributed by atoms with van der Waals surface area (Å²) in [4.78, 5) is 63.6. The van der Waals surface area contributed by atoms with Gasteiger partial charge in [-0.25, -0.2) is 18.5 Å². The molecule has 0 atom stereocenters. The smallest absolute Gasteiger partial charge is 0.259 e. The first kappa shape index (κ1) is 40.8. The second-order valence-electron chi connectivity index (χ2n) is 14.9. The summed E-state index contributed by atoms with van der Waals surface area (Å²) < 4.78 is 29.2. The van der Waals surface area contributed by atoms with Gasteiger partial charge in [0.1, 0.15) is 22.7 Å². The van der Waals surface area contributed by atoms with Gasteiger partial charge in [-0.05, 0) is 143 Å². The van der Waals surface area contributed by atoms with Gasteiger partial charge in [-0.1, -0.05) is 24.3 Å². The van der Waals surface area contributed by atoms with Crippen molar-refractivity contribution < 1.29 is 28.0 Å². The zero-order valence-electron chi connectivity index (χ0n) is 32.6. The quantitative estimate of drug-likeness (QED) is 0.117. The minimum atomic E-state index is -0.844. The number of anilines is 4. The van der Waals surface area contributed by atoms with Crippen LogP contribution in [0.25, 0.3) is 9.69 Å². The van der Waals surface area contributed by atoms with Crippen molar-refractivity contribution >= 4 is 92.3 Å². The second-order valence-corrected chi connectivity index (χ2v) is 15.6. The Kier molecular flexibility index (Phi) is 10.6. The molecule has 4 fully saturated rings. The Labute approximate surface area is 350 Å². The first-order chi connectivity index (χ1) is 28.1. The SMILES string of the molecule is [C-]#[N+]c1ccc(N2C(=O)C3(CCC3)N(c3ccc(C(=O)NC)c(F)c3)C2=S)c(C)c1.[C-]#[N+]c1ccc(N2C(=O)C3(CCC3)N(c3ccc(C(C)=O)c(F)c3)C2=S)c(C)c1. The Morgan fingerprint density at radius 2 is 1.08 bits per heavy atom. The van der Waals surface area contributed by atoms with E-state index < -0.39 is 28.6 Å². The van der Waals surface area contributed by atoms with Gasteiger partial charge in [-0.3, -0.25) is 29.0 Å². The fourth-order valence-electron chi connectivity index (χ4n) is 8.20. The molecule has 2 spiro atoms. The summed E-state index contributed by atoms with van der Waals surface area (Å²) in [6, 6.07) is 18.8.